The van der Waals surface area contributed by atoms with E-state index in [4.69, 9.17) is 4.74 Å². The zero-order valence-electron chi connectivity index (χ0n) is 12.9. The van der Waals surface area contributed by atoms with Gasteiger partial charge in [-0.1, -0.05) is 24.3 Å². The van der Waals surface area contributed by atoms with E-state index in [1.165, 1.54) is 5.56 Å². The van der Waals surface area contributed by atoms with Crippen LogP contribution in [0.5, 0.6) is 5.75 Å². The Morgan fingerprint density at radius 1 is 0.952 bits per heavy atom. The second-order valence-electron chi connectivity index (χ2n) is 5.22. The Bertz CT molecular complexity index is 679. The van der Waals surface area contributed by atoms with Crippen molar-refractivity contribution in [2.75, 3.05) is 7.11 Å². The Kier molecular flexibility index (Phi) is 4.59. The molecule has 0 aromatic heterocycles. The van der Waals surface area contributed by atoms with Crippen LogP contribution in [-0.2, 0) is 0 Å². The minimum atomic E-state index is 0.0337. The van der Waals surface area contributed by atoms with Crippen LogP contribution in [0.25, 0.3) is 6.08 Å². The largest absolute Gasteiger partial charge is 0.497 e. The fraction of sp³-hybridized carbons (Fsp3) is 0.211. The van der Waals surface area contributed by atoms with Crippen LogP contribution >= 0.6 is 0 Å². The molecule has 0 saturated heterocycles. The zero-order chi connectivity index (χ0) is 15.4. The quantitative estimate of drug-likeness (QED) is 0.608. The summed E-state index contributed by atoms with van der Waals surface area (Å²) in [5.41, 5.74) is 5.11. The molecule has 0 N–H and O–H groups in total. The highest BCUT2D eigenvalue weighted by atomic mass is 16.5. The SMILES string of the molecule is COc1ccc(C=CC(=O)c2cc(C)c(C)cc2C)cc1. The van der Waals surface area contributed by atoms with Crippen LogP contribution in [0, 0.1) is 20.8 Å². The first-order chi connectivity index (χ1) is 10.0. The van der Waals surface area contributed by atoms with Gasteiger partial charge in [0.1, 0.15) is 5.75 Å². The van der Waals surface area contributed by atoms with Gasteiger partial charge in [-0.15, -0.1) is 0 Å². The van der Waals surface area contributed by atoms with Crippen molar-refractivity contribution in [3.05, 3.63) is 70.3 Å². The molecule has 0 unspecified atom stereocenters. The molecular formula is C19H20O2. The second kappa shape index (κ2) is 6.40. The molecule has 2 nitrogen and oxygen atoms in total. The number of aryl methyl sites for hydroxylation is 3. The molecule has 0 fully saturated rings. The highest BCUT2D eigenvalue weighted by Crippen LogP contribution is 2.17. The second-order valence-corrected chi connectivity index (χ2v) is 5.22. The third-order valence-electron chi connectivity index (χ3n) is 3.65. The molecule has 2 aromatic rings. The molecule has 0 atom stereocenters. The molecular weight excluding hydrogens is 260 g/mol. The van der Waals surface area contributed by atoms with E-state index in [9.17, 15) is 4.79 Å². The van der Waals surface area contributed by atoms with Crippen LogP contribution < -0.4 is 4.74 Å². The number of ketones is 1. The average Bonchev–Trinajstić information content (AvgIpc) is 2.49. The first kappa shape index (κ1) is 15.0. The third-order valence-corrected chi connectivity index (χ3v) is 3.65. The summed E-state index contributed by atoms with van der Waals surface area (Å²) in [6, 6.07) is 11.6. The Morgan fingerprint density at radius 2 is 1.57 bits per heavy atom. The molecule has 0 heterocycles. The number of methoxy groups -OCH3 is 1. The summed E-state index contributed by atoms with van der Waals surface area (Å²) in [7, 11) is 1.64. The number of hydrogen-bond acceptors (Lipinski definition) is 2. The summed E-state index contributed by atoms with van der Waals surface area (Å²) in [5, 5.41) is 0. The van der Waals surface area contributed by atoms with Gasteiger partial charge < -0.3 is 4.74 Å². The van der Waals surface area contributed by atoms with Crippen LogP contribution in [0.2, 0.25) is 0 Å². The monoisotopic (exact) mass is 280 g/mol. The maximum Gasteiger partial charge on any atom is 0.186 e. The van der Waals surface area contributed by atoms with Gasteiger partial charge in [-0.3, -0.25) is 4.79 Å². The lowest BCUT2D eigenvalue weighted by atomic mass is 9.97. The summed E-state index contributed by atoms with van der Waals surface area (Å²) in [6.45, 7) is 6.06. The maximum absolute atomic E-state index is 12.3. The van der Waals surface area contributed by atoms with Crippen molar-refractivity contribution in [3.63, 3.8) is 0 Å². The predicted molar refractivity (Wildman–Crippen MR) is 87.0 cm³/mol. The van der Waals surface area contributed by atoms with Gasteiger partial charge in [0.15, 0.2) is 5.78 Å². The minimum Gasteiger partial charge on any atom is -0.497 e. The van der Waals surface area contributed by atoms with E-state index in [1.54, 1.807) is 13.2 Å². The molecule has 2 rings (SSSR count). The third kappa shape index (κ3) is 3.60. The van der Waals surface area contributed by atoms with Crippen molar-refractivity contribution in [2.45, 2.75) is 20.8 Å². The lowest BCUT2D eigenvalue weighted by molar-refractivity contribution is 0.104. The van der Waals surface area contributed by atoms with Crippen molar-refractivity contribution in [1.82, 2.24) is 0 Å². The van der Waals surface area contributed by atoms with Crippen molar-refractivity contribution in [2.24, 2.45) is 0 Å². The molecule has 108 valence electrons. The molecule has 0 amide bonds. The number of allylic oxidation sites excluding steroid dienone is 1. The number of hydrogen-bond donors (Lipinski definition) is 0. The lowest BCUT2D eigenvalue weighted by Gasteiger charge is -2.07. The van der Waals surface area contributed by atoms with E-state index in [2.05, 4.69) is 13.0 Å². The Morgan fingerprint density at radius 3 is 2.19 bits per heavy atom. The normalized spacial score (nSPS) is 10.9. The van der Waals surface area contributed by atoms with E-state index in [-0.39, 0.29) is 5.78 Å². The fourth-order valence-electron chi connectivity index (χ4n) is 2.20. The van der Waals surface area contributed by atoms with E-state index in [0.717, 1.165) is 28.0 Å². The smallest absolute Gasteiger partial charge is 0.186 e. The first-order valence-electron chi connectivity index (χ1n) is 6.95. The summed E-state index contributed by atoms with van der Waals surface area (Å²) < 4.78 is 5.11. The summed E-state index contributed by atoms with van der Waals surface area (Å²) >= 11 is 0. The lowest BCUT2D eigenvalue weighted by Crippen LogP contribution is -2.00. The Labute approximate surface area is 126 Å². The van der Waals surface area contributed by atoms with E-state index in [1.807, 2.05) is 50.3 Å². The molecule has 2 heteroatoms. The minimum absolute atomic E-state index is 0.0337. The van der Waals surface area contributed by atoms with E-state index in [0.29, 0.717) is 0 Å². The number of carbonyl (C=O) groups is 1. The average molecular weight is 280 g/mol. The van der Waals surface area contributed by atoms with Gasteiger partial charge in [-0.25, -0.2) is 0 Å². The summed E-state index contributed by atoms with van der Waals surface area (Å²) in [5.74, 6) is 0.842. The van der Waals surface area contributed by atoms with E-state index < -0.39 is 0 Å². The fourth-order valence-corrected chi connectivity index (χ4v) is 2.20. The van der Waals surface area contributed by atoms with Crippen LogP contribution in [0.15, 0.2) is 42.5 Å². The van der Waals surface area contributed by atoms with Crippen molar-refractivity contribution >= 4 is 11.9 Å². The Balaban J connectivity index is 2.20. The van der Waals surface area contributed by atoms with Crippen molar-refractivity contribution < 1.29 is 9.53 Å². The zero-order valence-corrected chi connectivity index (χ0v) is 12.9. The van der Waals surface area contributed by atoms with Gasteiger partial charge in [-0.05, 0) is 67.3 Å². The molecule has 0 saturated carbocycles. The molecule has 0 radical (unpaired) electrons. The highest BCUT2D eigenvalue weighted by Gasteiger charge is 2.07. The van der Waals surface area contributed by atoms with Crippen LogP contribution in [-0.4, -0.2) is 12.9 Å². The summed E-state index contributed by atoms with van der Waals surface area (Å²) in [4.78, 5) is 12.3. The Hall–Kier alpha value is -2.35. The highest BCUT2D eigenvalue weighted by molar-refractivity contribution is 6.07. The summed E-state index contributed by atoms with van der Waals surface area (Å²) in [6.07, 6.45) is 3.45. The number of benzene rings is 2. The van der Waals surface area contributed by atoms with Gasteiger partial charge in [0.05, 0.1) is 7.11 Å². The van der Waals surface area contributed by atoms with Gasteiger partial charge >= 0.3 is 0 Å². The van der Waals surface area contributed by atoms with Crippen molar-refractivity contribution in [3.8, 4) is 5.75 Å². The number of ether oxygens (including phenoxy) is 1. The number of rotatable bonds is 4. The predicted octanol–water partition coefficient (Wildman–Crippen LogP) is 4.52. The van der Waals surface area contributed by atoms with Gasteiger partial charge in [-0.2, -0.15) is 0 Å². The first-order valence-corrected chi connectivity index (χ1v) is 6.95. The van der Waals surface area contributed by atoms with Crippen molar-refractivity contribution in [1.29, 1.82) is 0 Å². The molecule has 0 spiro atoms. The molecule has 0 aliphatic rings. The maximum atomic E-state index is 12.3. The van der Waals surface area contributed by atoms with Gasteiger partial charge in [0.25, 0.3) is 0 Å². The van der Waals surface area contributed by atoms with Crippen LogP contribution in [0.3, 0.4) is 0 Å². The number of carbonyl (C=O) groups excluding carboxylic acids is 1. The molecule has 0 aliphatic carbocycles. The van der Waals surface area contributed by atoms with E-state index >= 15 is 0 Å². The topological polar surface area (TPSA) is 26.3 Å². The van der Waals surface area contributed by atoms with Gasteiger partial charge in [0, 0.05) is 5.56 Å². The van der Waals surface area contributed by atoms with Crippen LogP contribution in [0.1, 0.15) is 32.6 Å². The standard InChI is InChI=1S/C19H20O2/c1-13-11-15(3)18(12-14(13)2)19(20)10-7-16-5-8-17(21-4)9-6-16/h5-12H,1-4H3. The molecule has 0 aliphatic heterocycles. The molecule has 2 aromatic carbocycles. The van der Waals surface area contributed by atoms with Gasteiger partial charge in [0.2, 0.25) is 0 Å². The molecule has 21 heavy (non-hydrogen) atoms. The molecule has 0 bridgehead atoms. The van der Waals surface area contributed by atoms with Crippen LogP contribution in [0.4, 0.5) is 0 Å².